The van der Waals surface area contributed by atoms with E-state index in [1.807, 2.05) is 0 Å². The fourth-order valence-electron chi connectivity index (χ4n) is 0.354. The molecule has 0 aliphatic rings. The summed E-state index contributed by atoms with van der Waals surface area (Å²) in [6, 6.07) is 0. The molecule has 0 spiro atoms. The highest BCUT2D eigenvalue weighted by Gasteiger charge is 1.68. The van der Waals surface area contributed by atoms with Gasteiger partial charge in [-0.05, 0) is 6.20 Å². The Morgan fingerprint density at radius 2 is 1.27 bits per heavy atom. The van der Waals surface area contributed by atoms with Gasteiger partial charge in [0.05, 0.1) is 0 Å². The van der Waals surface area contributed by atoms with Crippen LogP contribution in [0.15, 0.2) is 12.8 Å². The van der Waals surface area contributed by atoms with Crippen molar-refractivity contribution in [3.05, 3.63) is 12.8 Å². The number of hydrogen-bond donors (Lipinski definition) is 1. The largest absolute Gasteiger partial charge is 0.405 e. The van der Waals surface area contributed by atoms with Gasteiger partial charge in [0.2, 0.25) is 0 Å². The summed E-state index contributed by atoms with van der Waals surface area (Å²) in [5.41, 5.74) is 4.61. The molecule has 0 atom stereocenters. The summed E-state index contributed by atoms with van der Waals surface area (Å²) in [6.45, 7) is 11.8. The molecule has 0 aromatic rings. The molecule has 0 fully saturated rings. The van der Waals surface area contributed by atoms with E-state index in [1.54, 1.807) is 0 Å². The van der Waals surface area contributed by atoms with Crippen molar-refractivity contribution < 1.29 is 0 Å². The number of nitrogens with two attached hydrogens (primary N) is 1. The third kappa shape index (κ3) is 229. The molecule has 0 unspecified atom stereocenters. The van der Waals surface area contributed by atoms with Crippen molar-refractivity contribution in [1.29, 1.82) is 0 Å². The molecule has 0 aliphatic carbocycles. The Labute approximate surface area is 72.7 Å². The molecule has 0 heterocycles. The Balaban J connectivity index is -0.0000000933. The van der Waals surface area contributed by atoms with Gasteiger partial charge in [-0.15, -0.1) is 0 Å². The van der Waals surface area contributed by atoms with Gasteiger partial charge in [0.25, 0.3) is 0 Å². The molecule has 11 heavy (non-hydrogen) atoms. The highest BCUT2D eigenvalue weighted by atomic mass is 14.5. The van der Waals surface area contributed by atoms with Crippen LogP contribution < -0.4 is 5.73 Å². The summed E-state index contributed by atoms with van der Waals surface area (Å²) in [5, 5.41) is 0. The lowest BCUT2D eigenvalue weighted by Crippen LogP contribution is -1.67. The molecular formula is C10H25N. The summed E-state index contributed by atoms with van der Waals surface area (Å²) < 4.78 is 0. The van der Waals surface area contributed by atoms with Crippen LogP contribution in [0.1, 0.15) is 53.4 Å². The molecule has 0 rings (SSSR count). The third-order valence-electron chi connectivity index (χ3n) is 0.707. The molecule has 2 N–H and O–H groups in total. The molecule has 0 saturated heterocycles. The van der Waals surface area contributed by atoms with Crippen molar-refractivity contribution in [3.8, 4) is 0 Å². The molecule has 1 heteroatoms. The van der Waals surface area contributed by atoms with Gasteiger partial charge in [-0.2, -0.15) is 0 Å². The monoisotopic (exact) mass is 159 g/mol. The molecule has 70 valence electrons. The molecule has 0 aromatic carbocycles. The second kappa shape index (κ2) is 33.8. The van der Waals surface area contributed by atoms with Crippen molar-refractivity contribution >= 4 is 0 Å². The van der Waals surface area contributed by atoms with Crippen molar-refractivity contribution in [3.63, 3.8) is 0 Å². The maximum atomic E-state index is 4.61. The third-order valence-corrected chi connectivity index (χ3v) is 0.707. The molecule has 0 bridgehead atoms. The molecule has 0 amide bonds. The summed E-state index contributed by atoms with van der Waals surface area (Å²) in [5.74, 6) is 0. The Morgan fingerprint density at radius 1 is 1.09 bits per heavy atom. The van der Waals surface area contributed by atoms with Crippen LogP contribution in [0.3, 0.4) is 0 Å². The first-order chi connectivity index (χ1) is 5.24. The van der Waals surface area contributed by atoms with Crippen LogP contribution in [0.4, 0.5) is 0 Å². The first-order valence-electron chi connectivity index (χ1n) is 4.57. The molecule has 0 aliphatic heterocycles. The van der Waals surface area contributed by atoms with Crippen LogP contribution >= 0.6 is 0 Å². The molecule has 0 radical (unpaired) electrons. The van der Waals surface area contributed by atoms with E-state index in [-0.39, 0.29) is 0 Å². The predicted molar refractivity (Wildman–Crippen MR) is 55.5 cm³/mol. The van der Waals surface area contributed by atoms with E-state index in [4.69, 9.17) is 0 Å². The Hall–Kier alpha value is -0.460. The highest BCUT2D eigenvalue weighted by Crippen LogP contribution is 1.88. The van der Waals surface area contributed by atoms with Gasteiger partial charge in [-0.1, -0.05) is 60.0 Å². The minimum Gasteiger partial charge on any atom is -0.405 e. The van der Waals surface area contributed by atoms with Crippen molar-refractivity contribution in [2.75, 3.05) is 0 Å². The molecular weight excluding hydrogens is 134 g/mol. The Bertz CT molecular complexity index is 40.1. The van der Waals surface area contributed by atoms with E-state index in [9.17, 15) is 0 Å². The zero-order valence-electron chi connectivity index (χ0n) is 8.69. The zero-order valence-corrected chi connectivity index (χ0v) is 8.69. The van der Waals surface area contributed by atoms with Crippen LogP contribution in [0.5, 0.6) is 0 Å². The van der Waals surface area contributed by atoms with Gasteiger partial charge < -0.3 is 5.73 Å². The first-order valence-corrected chi connectivity index (χ1v) is 4.57. The fourth-order valence-corrected chi connectivity index (χ4v) is 0.354. The van der Waals surface area contributed by atoms with E-state index < -0.39 is 0 Å². The van der Waals surface area contributed by atoms with Crippen LogP contribution in [0.25, 0.3) is 0 Å². The predicted octanol–water partition coefficient (Wildman–Crippen LogP) is 3.70. The normalized spacial score (nSPS) is 6.55. The van der Waals surface area contributed by atoms with Gasteiger partial charge >= 0.3 is 0 Å². The van der Waals surface area contributed by atoms with Crippen LogP contribution in [-0.2, 0) is 0 Å². The summed E-state index contributed by atoms with van der Waals surface area (Å²) in [6.07, 6.45) is 6.58. The standard InChI is InChI=1S/C5H12.C3H8.C2H5N/c1-3-5-4-2;1-3-2;1-2-3/h3-5H2,1-2H3;3H2,1-2H3;2H,1,3H2. The topological polar surface area (TPSA) is 26.0 Å². The molecule has 1 nitrogen and oxygen atoms in total. The average Bonchev–Trinajstić information content (AvgIpc) is 1.92. The SMILES string of the molecule is C=CN.CCC.CCCCC. The minimum absolute atomic E-state index is 1.25. The molecule has 0 saturated carbocycles. The van der Waals surface area contributed by atoms with Crippen LogP contribution in [0.2, 0.25) is 0 Å². The van der Waals surface area contributed by atoms with Gasteiger partial charge in [0.15, 0.2) is 0 Å². The van der Waals surface area contributed by atoms with Gasteiger partial charge in [-0.25, -0.2) is 0 Å². The van der Waals surface area contributed by atoms with E-state index in [0.29, 0.717) is 0 Å². The summed E-state index contributed by atoms with van der Waals surface area (Å²) in [4.78, 5) is 0. The molecule has 0 aromatic heterocycles. The summed E-state index contributed by atoms with van der Waals surface area (Å²) >= 11 is 0. The Morgan fingerprint density at radius 3 is 1.27 bits per heavy atom. The Kier molecular flexibility index (Phi) is 51.8. The number of hydrogen-bond acceptors (Lipinski definition) is 1. The lowest BCUT2D eigenvalue weighted by atomic mass is 10.3. The highest BCUT2D eigenvalue weighted by molar-refractivity contribution is 4.48. The zero-order chi connectivity index (χ0) is 9.54. The quantitative estimate of drug-likeness (QED) is 0.653. The van der Waals surface area contributed by atoms with E-state index >= 15 is 0 Å². The van der Waals surface area contributed by atoms with Gasteiger partial charge in [-0.3, -0.25) is 0 Å². The maximum Gasteiger partial charge on any atom is -0.0136 e. The lowest BCUT2D eigenvalue weighted by molar-refractivity contribution is 0.772. The van der Waals surface area contributed by atoms with Gasteiger partial charge in [0, 0.05) is 0 Å². The van der Waals surface area contributed by atoms with Gasteiger partial charge in [0.1, 0.15) is 0 Å². The maximum absolute atomic E-state index is 4.61. The second-order valence-electron chi connectivity index (χ2n) is 2.30. The summed E-state index contributed by atoms with van der Waals surface area (Å²) in [7, 11) is 0. The van der Waals surface area contributed by atoms with Crippen molar-refractivity contribution in [2.24, 2.45) is 5.73 Å². The smallest absolute Gasteiger partial charge is 0.0136 e. The van der Waals surface area contributed by atoms with E-state index in [0.717, 1.165) is 0 Å². The average molecular weight is 159 g/mol. The van der Waals surface area contributed by atoms with Crippen LogP contribution in [-0.4, -0.2) is 0 Å². The minimum atomic E-state index is 1.25. The van der Waals surface area contributed by atoms with E-state index in [2.05, 4.69) is 40.0 Å². The fraction of sp³-hybridized carbons (Fsp3) is 0.800. The van der Waals surface area contributed by atoms with Crippen molar-refractivity contribution in [2.45, 2.75) is 53.4 Å². The van der Waals surface area contributed by atoms with E-state index in [1.165, 1.54) is 31.9 Å². The lowest BCUT2D eigenvalue weighted by Gasteiger charge is -1.79. The van der Waals surface area contributed by atoms with Crippen LogP contribution in [0, 0.1) is 0 Å². The first kappa shape index (κ1) is 16.9. The second-order valence-corrected chi connectivity index (χ2v) is 2.30. The number of rotatable bonds is 2. The number of unbranched alkanes of at least 4 members (excludes halogenated alkanes) is 2. The van der Waals surface area contributed by atoms with Crippen molar-refractivity contribution in [1.82, 2.24) is 0 Å².